The van der Waals surface area contributed by atoms with Crippen molar-refractivity contribution in [1.29, 1.82) is 0 Å². The van der Waals surface area contributed by atoms with Crippen molar-refractivity contribution in [2.24, 2.45) is 5.73 Å². The largest absolute Gasteiger partial charge is 0.508 e. The molecule has 68 valence electrons. The van der Waals surface area contributed by atoms with Crippen molar-refractivity contribution in [2.45, 2.75) is 0 Å². The number of aromatic hydroxyl groups is 1. The van der Waals surface area contributed by atoms with Crippen molar-refractivity contribution < 1.29 is 14.7 Å². The Balaban J connectivity index is 3.20. The number of phenolic OH excluding ortho intramolecular Hbond substituents is 1. The lowest BCUT2D eigenvalue weighted by atomic mass is 10.0. The highest BCUT2D eigenvalue weighted by atomic mass is 16.3. The van der Waals surface area contributed by atoms with Crippen molar-refractivity contribution >= 4 is 12.1 Å². The van der Waals surface area contributed by atoms with Gasteiger partial charge < -0.3 is 10.8 Å². The fourth-order valence-electron chi connectivity index (χ4n) is 1.01. The van der Waals surface area contributed by atoms with E-state index in [1.807, 2.05) is 0 Å². The van der Waals surface area contributed by atoms with Gasteiger partial charge in [0.25, 0.3) is 0 Å². The number of hydrogen-bond donors (Lipinski definition) is 2. The quantitative estimate of drug-likeness (QED) is 0.518. The van der Waals surface area contributed by atoms with E-state index in [0.717, 1.165) is 0 Å². The number of nitrogens with two attached hydrogens (primary N) is 1. The summed E-state index contributed by atoms with van der Waals surface area (Å²) in [4.78, 5) is 21.6. The molecule has 0 aliphatic carbocycles. The summed E-state index contributed by atoms with van der Waals surface area (Å²) in [7, 11) is 0. The monoisotopic (exact) mass is 179 g/mol. The molecule has 0 saturated heterocycles. The maximum atomic E-state index is 11.1. The smallest absolute Gasteiger partial charge is 0.177 e. The number of rotatable bonds is 3. The maximum absolute atomic E-state index is 11.1. The molecule has 3 N–H and O–H groups in total. The Morgan fingerprint density at radius 3 is 2.77 bits per heavy atom. The zero-order valence-corrected chi connectivity index (χ0v) is 6.86. The van der Waals surface area contributed by atoms with Gasteiger partial charge in [0.2, 0.25) is 0 Å². The number of aldehydes is 1. The van der Waals surface area contributed by atoms with E-state index in [-0.39, 0.29) is 29.2 Å². The molecule has 0 unspecified atom stereocenters. The van der Waals surface area contributed by atoms with Gasteiger partial charge in [-0.2, -0.15) is 0 Å². The highest BCUT2D eigenvalue weighted by Crippen LogP contribution is 2.15. The standard InChI is InChI=1S/C9H9NO3/c10-4-9(13)8-2-1-7(12)3-6(8)5-11/h1-3,5,12H,4,10H2. The van der Waals surface area contributed by atoms with E-state index in [1.165, 1.54) is 18.2 Å². The van der Waals surface area contributed by atoms with Gasteiger partial charge in [0.05, 0.1) is 6.54 Å². The highest BCUT2D eigenvalue weighted by molar-refractivity contribution is 6.03. The average molecular weight is 179 g/mol. The Bertz CT molecular complexity index is 347. The van der Waals surface area contributed by atoms with Crippen molar-refractivity contribution in [3.8, 4) is 5.75 Å². The molecule has 0 aliphatic rings. The first kappa shape index (κ1) is 9.41. The summed E-state index contributed by atoms with van der Waals surface area (Å²) in [5.41, 5.74) is 5.55. The van der Waals surface area contributed by atoms with Crippen LogP contribution in [0.25, 0.3) is 0 Å². The van der Waals surface area contributed by atoms with Gasteiger partial charge in [-0.25, -0.2) is 0 Å². The number of benzene rings is 1. The van der Waals surface area contributed by atoms with Gasteiger partial charge in [0.15, 0.2) is 12.1 Å². The predicted octanol–water partition coefficient (Wildman–Crippen LogP) is 0.346. The van der Waals surface area contributed by atoms with Gasteiger partial charge in [0, 0.05) is 11.1 Å². The van der Waals surface area contributed by atoms with Crippen LogP contribution >= 0.6 is 0 Å². The molecular weight excluding hydrogens is 170 g/mol. The molecule has 0 amide bonds. The normalized spacial score (nSPS) is 9.62. The summed E-state index contributed by atoms with van der Waals surface area (Å²) >= 11 is 0. The van der Waals surface area contributed by atoms with E-state index in [2.05, 4.69) is 0 Å². The van der Waals surface area contributed by atoms with E-state index in [1.54, 1.807) is 0 Å². The molecule has 1 aromatic rings. The van der Waals surface area contributed by atoms with Crippen LogP contribution in [0.1, 0.15) is 20.7 Å². The van der Waals surface area contributed by atoms with Gasteiger partial charge >= 0.3 is 0 Å². The third-order valence-electron chi connectivity index (χ3n) is 1.65. The fourth-order valence-corrected chi connectivity index (χ4v) is 1.01. The SMILES string of the molecule is NCC(=O)c1ccc(O)cc1C=O. The summed E-state index contributed by atoms with van der Waals surface area (Å²) in [5, 5.41) is 9.02. The molecule has 0 radical (unpaired) electrons. The Morgan fingerprint density at radius 1 is 1.54 bits per heavy atom. The van der Waals surface area contributed by atoms with E-state index in [0.29, 0.717) is 6.29 Å². The van der Waals surface area contributed by atoms with Gasteiger partial charge in [-0.15, -0.1) is 0 Å². The highest BCUT2D eigenvalue weighted by Gasteiger charge is 2.09. The van der Waals surface area contributed by atoms with Crippen molar-refractivity contribution in [2.75, 3.05) is 6.54 Å². The summed E-state index contributed by atoms with van der Waals surface area (Å²) < 4.78 is 0. The third-order valence-corrected chi connectivity index (χ3v) is 1.65. The molecule has 4 nitrogen and oxygen atoms in total. The van der Waals surface area contributed by atoms with E-state index in [9.17, 15) is 9.59 Å². The van der Waals surface area contributed by atoms with Crippen LogP contribution in [0.15, 0.2) is 18.2 Å². The number of hydrogen-bond acceptors (Lipinski definition) is 4. The first-order valence-corrected chi connectivity index (χ1v) is 3.70. The number of carbonyl (C=O) groups excluding carboxylic acids is 2. The Hall–Kier alpha value is -1.68. The second kappa shape index (κ2) is 3.82. The Morgan fingerprint density at radius 2 is 2.23 bits per heavy atom. The van der Waals surface area contributed by atoms with Crippen LogP contribution in [-0.2, 0) is 0 Å². The second-order valence-electron chi connectivity index (χ2n) is 2.52. The fraction of sp³-hybridized carbons (Fsp3) is 0.111. The van der Waals surface area contributed by atoms with Crippen LogP contribution in [0.5, 0.6) is 5.75 Å². The van der Waals surface area contributed by atoms with E-state index >= 15 is 0 Å². The van der Waals surface area contributed by atoms with Crippen LogP contribution in [0.3, 0.4) is 0 Å². The molecule has 1 aromatic carbocycles. The number of phenols is 1. The molecule has 13 heavy (non-hydrogen) atoms. The van der Waals surface area contributed by atoms with Gasteiger partial charge in [-0.3, -0.25) is 9.59 Å². The minimum absolute atomic E-state index is 0.0457. The minimum Gasteiger partial charge on any atom is -0.508 e. The van der Waals surface area contributed by atoms with Crippen LogP contribution in [0.2, 0.25) is 0 Å². The van der Waals surface area contributed by atoms with Crippen LogP contribution in [0.4, 0.5) is 0 Å². The topological polar surface area (TPSA) is 80.4 Å². The van der Waals surface area contributed by atoms with Gasteiger partial charge in [-0.05, 0) is 18.2 Å². The molecule has 0 fully saturated rings. The molecule has 0 spiro atoms. The minimum atomic E-state index is -0.317. The molecule has 4 heteroatoms. The Labute approximate surface area is 75.0 Å². The molecule has 0 atom stereocenters. The van der Waals surface area contributed by atoms with Gasteiger partial charge in [-0.1, -0.05) is 0 Å². The second-order valence-corrected chi connectivity index (χ2v) is 2.52. The maximum Gasteiger partial charge on any atom is 0.177 e. The van der Waals surface area contributed by atoms with Crippen molar-refractivity contribution in [3.05, 3.63) is 29.3 Å². The van der Waals surface area contributed by atoms with Crippen molar-refractivity contribution in [1.82, 2.24) is 0 Å². The summed E-state index contributed by atoms with van der Waals surface area (Å²) in [6.07, 6.45) is 0.516. The zero-order chi connectivity index (χ0) is 9.84. The first-order valence-electron chi connectivity index (χ1n) is 3.70. The average Bonchev–Trinajstić information content (AvgIpc) is 2.16. The van der Waals surface area contributed by atoms with Crippen LogP contribution in [-0.4, -0.2) is 23.7 Å². The molecule has 0 aromatic heterocycles. The van der Waals surface area contributed by atoms with Crippen molar-refractivity contribution in [3.63, 3.8) is 0 Å². The summed E-state index contributed by atoms with van der Waals surface area (Å²) in [5.74, 6) is -0.363. The predicted molar refractivity (Wildman–Crippen MR) is 46.9 cm³/mol. The van der Waals surface area contributed by atoms with Crippen LogP contribution in [0, 0.1) is 0 Å². The number of ketones is 1. The summed E-state index contributed by atoms with van der Waals surface area (Å²) in [6, 6.07) is 3.96. The van der Waals surface area contributed by atoms with E-state index in [4.69, 9.17) is 10.8 Å². The number of carbonyl (C=O) groups is 2. The molecule has 0 aliphatic heterocycles. The third kappa shape index (κ3) is 1.91. The van der Waals surface area contributed by atoms with E-state index < -0.39 is 0 Å². The number of Topliss-reactive ketones (excluding diaryl/α,β-unsaturated/α-hetero) is 1. The Kier molecular flexibility index (Phi) is 2.76. The van der Waals surface area contributed by atoms with Crippen LogP contribution < -0.4 is 5.73 Å². The van der Waals surface area contributed by atoms with Gasteiger partial charge in [0.1, 0.15) is 5.75 Å². The summed E-state index contributed by atoms with van der Waals surface area (Å²) in [6.45, 7) is -0.147. The lowest BCUT2D eigenvalue weighted by molar-refractivity contribution is 0.0994. The lowest BCUT2D eigenvalue weighted by Gasteiger charge is -2.01. The lowest BCUT2D eigenvalue weighted by Crippen LogP contribution is -2.15. The molecule has 0 bridgehead atoms. The molecule has 1 rings (SSSR count). The molecule has 0 saturated carbocycles. The zero-order valence-electron chi connectivity index (χ0n) is 6.86. The molecule has 0 heterocycles. The molecular formula is C9H9NO3. The first-order chi connectivity index (χ1) is 6.19.